The molecule has 4 heterocycles. The number of carbonyl (C=O) groups excluding carboxylic acids is 1. The summed E-state index contributed by atoms with van der Waals surface area (Å²) in [6.45, 7) is 1.84. The van der Waals surface area contributed by atoms with Crippen LogP contribution in [0.3, 0.4) is 0 Å². The number of carbonyl (C=O) groups is 1. The lowest BCUT2D eigenvalue weighted by Gasteiger charge is -2.36. The number of aromatic nitrogens is 3. The molecule has 3 aromatic rings. The second-order valence-electron chi connectivity index (χ2n) is 8.74. The number of hydrogen-bond donors (Lipinski definition) is 0. The molecule has 1 saturated heterocycles. The van der Waals surface area contributed by atoms with Gasteiger partial charge in [0.15, 0.2) is 0 Å². The zero-order valence-corrected chi connectivity index (χ0v) is 18.2. The molecule has 2 aliphatic heterocycles. The van der Waals surface area contributed by atoms with Gasteiger partial charge in [0.05, 0.1) is 35.2 Å². The largest absolute Gasteiger partial charge is 0.416 e. The van der Waals surface area contributed by atoms with Crippen LogP contribution in [0.25, 0.3) is 5.69 Å². The number of amides is 1. The van der Waals surface area contributed by atoms with Crippen molar-refractivity contribution in [2.75, 3.05) is 0 Å². The van der Waals surface area contributed by atoms with Crippen LogP contribution in [0.5, 0.6) is 0 Å². The first kappa shape index (κ1) is 23.2. The van der Waals surface area contributed by atoms with Crippen molar-refractivity contribution in [3.63, 3.8) is 0 Å². The molecule has 35 heavy (non-hydrogen) atoms. The summed E-state index contributed by atoms with van der Waals surface area (Å²) in [5, 5.41) is 0. The number of imidazole rings is 1. The van der Waals surface area contributed by atoms with E-state index in [4.69, 9.17) is 0 Å². The first-order valence-electron chi connectivity index (χ1n) is 10.7. The van der Waals surface area contributed by atoms with Gasteiger partial charge in [-0.2, -0.15) is 26.3 Å². The predicted molar refractivity (Wildman–Crippen MR) is 111 cm³/mol. The van der Waals surface area contributed by atoms with Crippen LogP contribution in [0.4, 0.5) is 26.3 Å². The van der Waals surface area contributed by atoms with Crippen molar-refractivity contribution in [1.82, 2.24) is 19.0 Å². The number of benzene rings is 1. The average molecular weight is 496 g/mol. The van der Waals surface area contributed by atoms with Crippen molar-refractivity contribution in [2.45, 2.75) is 50.7 Å². The van der Waals surface area contributed by atoms with Gasteiger partial charge in [-0.1, -0.05) is 0 Å². The molecule has 2 atom stereocenters. The van der Waals surface area contributed by atoms with Crippen molar-refractivity contribution in [2.24, 2.45) is 0 Å². The second kappa shape index (κ2) is 7.72. The van der Waals surface area contributed by atoms with Gasteiger partial charge in [-0.15, -0.1) is 0 Å². The standard InChI is InChI=1S/C23H18F6N4O2/c1-12-9-31(11-30-12)18-4-5-19-21(35)33-16(10-32(19)20(18)34)2-3-17(33)13-6-14(22(24,25)26)8-15(7-13)23(27,28)29/h4-9,11,16-17H,2-3,10H2,1H3/t16-,17-/m0/s1. The highest BCUT2D eigenvalue weighted by molar-refractivity contribution is 5.94. The van der Waals surface area contributed by atoms with E-state index in [1.165, 1.54) is 32.5 Å². The lowest BCUT2D eigenvalue weighted by atomic mass is 9.98. The molecule has 0 aliphatic carbocycles. The Hall–Kier alpha value is -3.57. The molecule has 2 aromatic heterocycles. The van der Waals surface area contributed by atoms with E-state index in [0.29, 0.717) is 24.2 Å². The van der Waals surface area contributed by atoms with Crippen LogP contribution in [0, 0.1) is 6.92 Å². The van der Waals surface area contributed by atoms with Gasteiger partial charge in [-0.3, -0.25) is 9.59 Å². The zero-order chi connectivity index (χ0) is 25.3. The third-order valence-corrected chi connectivity index (χ3v) is 6.49. The molecule has 0 radical (unpaired) electrons. The van der Waals surface area contributed by atoms with Crippen molar-refractivity contribution in [3.8, 4) is 5.69 Å². The van der Waals surface area contributed by atoms with Gasteiger partial charge < -0.3 is 14.0 Å². The number of hydrogen-bond acceptors (Lipinski definition) is 3. The predicted octanol–water partition coefficient (Wildman–Crippen LogP) is 4.74. The second-order valence-corrected chi connectivity index (χ2v) is 8.74. The van der Waals surface area contributed by atoms with E-state index in [1.807, 2.05) is 0 Å². The van der Waals surface area contributed by atoms with Crippen LogP contribution in [0.2, 0.25) is 0 Å². The minimum atomic E-state index is -4.98. The van der Waals surface area contributed by atoms with Crippen LogP contribution in [-0.4, -0.2) is 31.0 Å². The minimum absolute atomic E-state index is 0.0294. The van der Waals surface area contributed by atoms with Crippen molar-refractivity contribution >= 4 is 5.91 Å². The molecule has 0 N–H and O–H groups in total. The third-order valence-electron chi connectivity index (χ3n) is 6.49. The van der Waals surface area contributed by atoms with E-state index in [2.05, 4.69) is 4.98 Å². The maximum Gasteiger partial charge on any atom is 0.416 e. The molecule has 5 rings (SSSR count). The maximum absolute atomic E-state index is 13.4. The van der Waals surface area contributed by atoms with Gasteiger partial charge in [0.25, 0.3) is 11.5 Å². The van der Waals surface area contributed by atoms with Crippen molar-refractivity contribution in [1.29, 1.82) is 0 Å². The van der Waals surface area contributed by atoms with Gasteiger partial charge in [-0.25, -0.2) is 4.98 Å². The summed E-state index contributed by atoms with van der Waals surface area (Å²) in [6, 6.07) is 2.78. The Kier molecular flexibility index (Phi) is 5.11. The highest BCUT2D eigenvalue weighted by Crippen LogP contribution is 2.43. The summed E-state index contributed by atoms with van der Waals surface area (Å²) in [5.41, 5.74) is -2.52. The van der Waals surface area contributed by atoms with E-state index in [0.717, 1.165) is 0 Å². The molecule has 184 valence electrons. The van der Waals surface area contributed by atoms with Crippen LogP contribution in [0.1, 0.15) is 51.8 Å². The Bertz CT molecular complexity index is 1360. The van der Waals surface area contributed by atoms with Crippen molar-refractivity contribution in [3.05, 3.63) is 81.3 Å². The number of nitrogens with zero attached hydrogens (tertiary/aromatic N) is 4. The van der Waals surface area contributed by atoms with Crippen LogP contribution in [-0.2, 0) is 18.9 Å². The fraction of sp³-hybridized carbons (Fsp3) is 0.348. The van der Waals surface area contributed by atoms with E-state index in [9.17, 15) is 35.9 Å². The average Bonchev–Trinajstić information content (AvgIpc) is 3.39. The summed E-state index contributed by atoms with van der Waals surface area (Å²) < 4.78 is 83.0. The van der Waals surface area contributed by atoms with Gasteiger partial charge in [0.1, 0.15) is 11.4 Å². The molecule has 0 unspecified atom stereocenters. The topological polar surface area (TPSA) is 60.1 Å². The highest BCUT2D eigenvalue weighted by atomic mass is 19.4. The molecule has 1 fully saturated rings. The molecule has 0 spiro atoms. The molecular weight excluding hydrogens is 478 g/mol. The van der Waals surface area contributed by atoms with Gasteiger partial charge in [-0.05, 0) is 55.7 Å². The summed E-state index contributed by atoms with van der Waals surface area (Å²) >= 11 is 0. The Morgan fingerprint density at radius 1 is 0.943 bits per heavy atom. The molecule has 0 saturated carbocycles. The normalized spacial score (nSPS) is 20.2. The molecule has 12 heteroatoms. The van der Waals surface area contributed by atoms with Crippen LogP contribution >= 0.6 is 0 Å². The number of pyridine rings is 1. The van der Waals surface area contributed by atoms with E-state index >= 15 is 0 Å². The number of halogens is 6. The van der Waals surface area contributed by atoms with Crippen molar-refractivity contribution < 1.29 is 31.1 Å². The summed E-state index contributed by atoms with van der Waals surface area (Å²) in [4.78, 5) is 31.9. The van der Waals surface area contributed by atoms with Crippen LogP contribution < -0.4 is 5.56 Å². The van der Waals surface area contributed by atoms with Gasteiger partial charge in [0.2, 0.25) is 0 Å². The summed E-state index contributed by atoms with van der Waals surface area (Å²) in [7, 11) is 0. The molecule has 6 nitrogen and oxygen atoms in total. The Labute approximate surface area is 194 Å². The lowest BCUT2D eigenvalue weighted by Crippen LogP contribution is -2.49. The molecular formula is C23H18F6N4O2. The number of aryl methyl sites for hydroxylation is 1. The minimum Gasteiger partial charge on any atom is -0.326 e. The monoisotopic (exact) mass is 496 g/mol. The van der Waals surface area contributed by atoms with E-state index < -0.39 is 47.0 Å². The van der Waals surface area contributed by atoms with Gasteiger partial charge in [0, 0.05) is 12.7 Å². The molecule has 2 aliphatic rings. The number of rotatable bonds is 2. The van der Waals surface area contributed by atoms with Gasteiger partial charge >= 0.3 is 12.4 Å². The third kappa shape index (κ3) is 3.90. The molecule has 0 bridgehead atoms. The fourth-order valence-electron chi connectivity index (χ4n) is 4.90. The Morgan fingerprint density at radius 3 is 2.17 bits per heavy atom. The quantitative estimate of drug-likeness (QED) is 0.482. The molecule has 1 amide bonds. The first-order chi connectivity index (χ1) is 16.3. The smallest absolute Gasteiger partial charge is 0.326 e. The Balaban J connectivity index is 1.56. The Morgan fingerprint density at radius 2 is 1.60 bits per heavy atom. The highest BCUT2D eigenvalue weighted by Gasteiger charge is 2.45. The molecule has 1 aromatic carbocycles. The van der Waals surface area contributed by atoms with E-state index in [1.54, 1.807) is 13.1 Å². The van der Waals surface area contributed by atoms with E-state index in [-0.39, 0.29) is 36.0 Å². The summed E-state index contributed by atoms with van der Waals surface area (Å²) in [6.07, 6.45) is -6.35. The maximum atomic E-state index is 13.4. The number of alkyl halides is 6. The first-order valence-corrected chi connectivity index (χ1v) is 10.7. The SMILES string of the molecule is Cc1cn(-c2ccc3n(c2=O)C[C@@H]2CC[C@@H](c4cc(C(F)(F)F)cc(C(F)(F)F)c4)N2C3=O)cn1. The summed E-state index contributed by atoms with van der Waals surface area (Å²) in [5.74, 6) is -0.611. The van der Waals surface area contributed by atoms with Crippen LogP contribution in [0.15, 0.2) is 47.7 Å². The fourth-order valence-corrected chi connectivity index (χ4v) is 4.90. The number of fused-ring (bicyclic) bond motifs is 2. The zero-order valence-electron chi connectivity index (χ0n) is 18.2. The lowest BCUT2D eigenvalue weighted by molar-refractivity contribution is -0.143.